The Balaban J connectivity index is 1.28. The molecule has 0 saturated carbocycles. The van der Waals surface area contributed by atoms with Gasteiger partial charge in [-0.15, -0.1) is 0 Å². The van der Waals surface area contributed by atoms with Crippen LogP contribution < -0.4 is 4.72 Å². The van der Waals surface area contributed by atoms with Crippen molar-refractivity contribution in [2.75, 3.05) is 24.4 Å². The van der Waals surface area contributed by atoms with E-state index in [-0.39, 0.29) is 22.9 Å². The average Bonchev–Trinajstić information content (AvgIpc) is 2.95. The molecule has 2 heterocycles. The van der Waals surface area contributed by atoms with Crippen molar-refractivity contribution in [1.82, 2.24) is 14.8 Å². The van der Waals surface area contributed by atoms with Crippen molar-refractivity contribution in [3.8, 4) is 0 Å². The second-order valence-electron chi connectivity index (χ2n) is 9.95. The highest BCUT2D eigenvalue weighted by atomic mass is 32.2. The molecule has 1 aliphatic heterocycles. The van der Waals surface area contributed by atoms with Gasteiger partial charge in [0.15, 0.2) is 0 Å². The first kappa shape index (κ1) is 27.7. The lowest BCUT2D eigenvalue weighted by atomic mass is 10.0. The highest BCUT2D eigenvalue weighted by Crippen LogP contribution is 2.28. The first-order valence-corrected chi connectivity index (χ1v) is 14.6. The molecule has 0 spiro atoms. The van der Waals surface area contributed by atoms with Crippen LogP contribution in [0.1, 0.15) is 42.2 Å². The normalized spacial score (nSPS) is 17.1. The quantitative estimate of drug-likeness (QED) is 0.316. The molecule has 4 aromatic rings. The molecule has 10 heteroatoms. The molecule has 40 heavy (non-hydrogen) atoms. The number of hydrogen-bond donors (Lipinski definition) is 1. The number of nitrogens with zero attached hydrogens (tertiary/aromatic N) is 3. The lowest BCUT2D eigenvalue weighted by Gasteiger charge is -2.43. The minimum atomic E-state index is -3.91. The Morgan fingerprint density at radius 1 is 1.02 bits per heavy atom. The number of nitrogens with one attached hydrogen (secondary N) is 1. The molecule has 1 amide bonds. The van der Waals surface area contributed by atoms with Crippen molar-refractivity contribution in [3.63, 3.8) is 0 Å². The van der Waals surface area contributed by atoms with E-state index in [0.717, 1.165) is 11.5 Å². The van der Waals surface area contributed by atoms with E-state index in [4.69, 9.17) is 0 Å². The van der Waals surface area contributed by atoms with E-state index < -0.39 is 21.7 Å². The number of sulfonamides is 1. The first-order valence-electron chi connectivity index (χ1n) is 13.1. The summed E-state index contributed by atoms with van der Waals surface area (Å²) in [7, 11) is -3.91. The van der Waals surface area contributed by atoms with Crippen molar-refractivity contribution in [2.24, 2.45) is 0 Å². The topological polar surface area (TPSA) is 82.6 Å². The van der Waals surface area contributed by atoms with Gasteiger partial charge < -0.3 is 4.90 Å². The van der Waals surface area contributed by atoms with Crippen LogP contribution >= 0.6 is 0 Å². The van der Waals surface area contributed by atoms with Gasteiger partial charge in [0.2, 0.25) is 0 Å². The largest absolute Gasteiger partial charge is 0.333 e. The van der Waals surface area contributed by atoms with Gasteiger partial charge in [-0.1, -0.05) is 25.1 Å². The van der Waals surface area contributed by atoms with E-state index in [2.05, 4.69) is 14.6 Å². The lowest BCUT2D eigenvalue weighted by molar-refractivity contribution is 0.0355. The molecule has 1 N–H and O–H groups in total. The first-order chi connectivity index (χ1) is 19.2. The fourth-order valence-corrected chi connectivity index (χ4v) is 6.46. The maximum Gasteiger partial charge on any atom is 0.264 e. The Labute approximate surface area is 232 Å². The number of hydrogen-bond acceptors (Lipinski definition) is 5. The number of pyridine rings is 1. The Kier molecular flexibility index (Phi) is 7.82. The summed E-state index contributed by atoms with van der Waals surface area (Å²) >= 11 is 0. The summed E-state index contributed by atoms with van der Waals surface area (Å²) in [6, 6.07) is 18.1. The van der Waals surface area contributed by atoms with E-state index >= 15 is 0 Å². The van der Waals surface area contributed by atoms with E-state index in [9.17, 15) is 22.0 Å². The molecular formula is C30H30F2N4O3S. The van der Waals surface area contributed by atoms with E-state index in [0.29, 0.717) is 48.4 Å². The van der Waals surface area contributed by atoms with Crippen molar-refractivity contribution < 1.29 is 22.0 Å². The Hall–Kier alpha value is -3.89. The molecule has 0 bridgehead atoms. The molecule has 1 aliphatic rings. The number of halogens is 2. The summed E-state index contributed by atoms with van der Waals surface area (Å²) in [4.78, 5) is 21.7. The number of para-hydroxylation sites is 1. The summed E-state index contributed by atoms with van der Waals surface area (Å²) in [6.45, 7) is 5.49. The highest BCUT2D eigenvalue weighted by Gasteiger charge is 2.32. The number of rotatable bonds is 7. The van der Waals surface area contributed by atoms with Crippen molar-refractivity contribution in [3.05, 3.63) is 102 Å². The maximum absolute atomic E-state index is 13.8. The van der Waals surface area contributed by atoms with Gasteiger partial charge in [0.05, 0.1) is 5.52 Å². The summed E-state index contributed by atoms with van der Waals surface area (Å²) in [6.07, 6.45) is 2.26. The van der Waals surface area contributed by atoms with Gasteiger partial charge in [-0.2, -0.15) is 0 Å². The summed E-state index contributed by atoms with van der Waals surface area (Å²) in [5.74, 6) is -1.37. The molecule has 2 unspecified atom stereocenters. The molecule has 1 saturated heterocycles. The number of anilines is 1. The fourth-order valence-electron chi connectivity index (χ4n) is 5.22. The van der Waals surface area contributed by atoms with Gasteiger partial charge in [-0.25, -0.2) is 17.2 Å². The molecule has 0 radical (unpaired) electrons. The second-order valence-corrected chi connectivity index (χ2v) is 11.6. The Bertz CT molecular complexity index is 1620. The molecule has 2 atom stereocenters. The van der Waals surface area contributed by atoms with Crippen LogP contribution in [0.3, 0.4) is 0 Å². The van der Waals surface area contributed by atoms with Gasteiger partial charge in [-0.3, -0.25) is 19.4 Å². The smallest absolute Gasteiger partial charge is 0.264 e. The Morgan fingerprint density at radius 2 is 1.73 bits per heavy atom. The molecule has 5 rings (SSSR count). The number of amides is 1. The molecular weight excluding hydrogens is 534 g/mol. The van der Waals surface area contributed by atoms with E-state index in [1.165, 1.54) is 18.2 Å². The third-order valence-corrected chi connectivity index (χ3v) is 8.84. The summed E-state index contributed by atoms with van der Waals surface area (Å²) in [5, 5.41) is 0.717. The van der Waals surface area contributed by atoms with Crippen molar-refractivity contribution >= 4 is 32.5 Å². The van der Waals surface area contributed by atoms with Crippen LogP contribution in [0.15, 0.2) is 83.9 Å². The third kappa shape index (κ3) is 5.68. The second kappa shape index (κ2) is 11.3. The predicted octanol–water partition coefficient (Wildman–Crippen LogP) is 5.61. The molecule has 7 nitrogen and oxygen atoms in total. The number of fused-ring (bicyclic) bond motifs is 1. The van der Waals surface area contributed by atoms with Gasteiger partial charge >= 0.3 is 0 Å². The molecule has 1 aromatic heterocycles. The van der Waals surface area contributed by atoms with Gasteiger partial charge in [0.1, 0.15) is 16.5 Å². The molecule has 0 aliphatic carbocycles. The SMILES string of the molecule is CCC1CN(C(C)c2cc(F)cc(F)c2)CCN1C(=O)c1ccc(NS(=O)(=O)c2cccc3cccnc23)cc1. The average molecular weight is 565 g/mol. The maximum atomic E-state index is 13.8. The molecule has 208 valence electrons. The van der Waals surface area contributed by atoms with Crippen molar-refractivity contribution in [2.45, 2.75) is 37.2 Å². The minimum absolute atomic E-state index is 0.0737. The number of carbonyl (C=O) groups is 1. The highest BCUT2D eigenvalue weighted by molar-refractivity contribution is 7.93. The zero-order valence-corrected chi connectivity index (χ0v) is 23.0. The minimum Gasteiger partial charge on any atom is -0.333 e. The lowest BCUT2D eigenvalue weighted by Crippen LogP contribution is -2.55. The standard InChI is InChI=1S/C30H30F2N4O3S/c1-3-27-19-35(20(2)23-16-24(31)18-25(32)17-23)14-15-36(27)30(37)22-9-11-26(12-10-22)34-40(38,39)28-8-4-6-21-7-5-13-33-29(21)28/h4-13,16-18,20,27,34H,3,14-15,19H2,1-2H3. The molecule has 1 fully saturated rings. The van der Waals surface area contributed by atoms with E-state index in [1.807, 2.05) is 18.7 Å². The van der Waals surface area contributed by atoms with Crippen LogP contribution in [0.25, 0.3) is 10.9 Å². The third-order valence-electron chi connectivity index (χ3n) is 7.43. The fraction of sp³-hybridized carbons (Fsp3) is 0.267. The van der Waals surface area contributed by atoms with Gasteiger partial charge in [-0.05, 0) is 67.4 Å². The molecule has 3 aromatic carbocycles. The summed E-state index contributed by atoms with van der Waals surface area (Å²) in [5.41, 5.74) is 1.72. The van der Waals surface area contributed by atoms with Crippen molar-refractivity contribution in [1.29, 1.82) is 0 Å². The zero-order chi connectivity index (χ0) is 28.4. The Morgan fingerprint density at radius 3 is 2.42 bits per heavy atom. The van der Waals surface area contributed by atoms with Gasteiger partial charge in [0.25, 0.3) is 15.9 Å². The van der Waals surface area contributed by atoms with Crippen LogP contribution in [0.5, 0.6) is 0 Å². The zero-order valence-electron chi connectivity index (χ0n) is 22.2. The van der Waals surface area contributed by atoms with Crippen LogP contribution in [0.2, 0.25) is 0 Å². The van der Waals surface area contributed by atoms with Gasteiger partial charge in [0, 0.05) is 60.6 Å². The number of carbonyl (C=O) groups excluding carboxylic acids is 1. The summed E-state index contributed by atoms with van der Waals surface area (Å²) < 4.78 is 56.4. The number of piperazine rings is 1. The van der Waals surface area contributed by atoms with Crippen LogP contribution in [0, 0.1) is 11.6 Å². The number of aromatic nitrogens is 1. The predicted molar refractivity (Wildman–Crippen MR) is 150 cm³/mol. The monoisotopic (exact) mass is 564 g/mol. The van der Waals surface area contributed by atoms with E-state index in [1.54, 1.807) is 54.7 Å². The number of benzene rings is 3. The van der Waals surface area contributed by atoms with Crippen LogP contribution in [-0.4, -0.2) is 54.8 Å². The van der Waals surface area contributed by atoms with Crippen LogP contribution in [-0.2, 0) is 10.0 Å². The van der Waals surface area contributed by atoms with Crippen LogP contribution in [0.4, 0.5) is 14.5 Å².